The quantitative estimate of drug-likeness (QED) is 0.645. The summed E-state index contributed by atoms with van der Waals surface area (Å²) in [5.74, 6) is -0.00843. The molecule has 30 heavy (non-hydrogen) atoms. The second-order valence-corrected chi connectivity index (χ2v) is 9.16. The van der Waals surface area contributed by atoms with E-state index in [-0.39, 0.29) is 16.8 Å². The summed E-state index contributed by atoms with van der Waals surface area (Å²) in [5, 5.41) is 0. The van der Waals surface area contributed by atoms with Gasteiger partial charge in [0.05, 0.1) is 4.90 Å². The molecule has 6 heteroatoms. The minimum atomic E-state index is -3.65. The van der Waals surface area contributed by atoms with Crippen LogP contribution in [0.5, 0.6) is 0 Å². The fourth-order valence-corrected chi connectivity index (χ4v) is 4.94. The number of nitrogens with zero attached hydrogens (tertiary/aromatic N) is 1. The van der Waals surface area contributed by atoms with Crippen LogP contribution in [0.1, 0.15) is 28.8 Å². The third-order valence-corrected chi connectivity index (χ3v) is 6.79. The van der Waals surface area contributed by atoms with Crippen molar-refractivity contribution in [1.82, 2.24) is 4.90 Å². The van der Waals surface area contributed by atoms with Crippen molar-refractivity contribution in [2.75, 3.05) is 11.3 Å². The van der Waals surface area contributed by atoms with Gasteiger partial charge in [-0.2, -0.15) is 0 Å². The number of rotatable bonds is 6. The van der Waals surface area contributed by atoms with Crippen LogP contribution < -0.4 is 4.72 Å². The van der Waals surface area contributed by atoms with Gasteiger partial charge in [-0.1, -0.05) is 48.5 Å². The zero-order valence-electron chi connectivity index (χ0n) is 16.6. The summed E-state index contributed by atoms with van der Waals surface area (Å²) in [6, 6.07) is 25.3. The van der Waals surface area contributed by atoms with Gasteiger partial charge in [0.15, 0.2) is 0 Å². The number of carbonyl (C=O) groups is 1. The van der Waals surface area contributed by atoms with Crippen LogP contribution in [0.2, 0.25) is 0 Å². The van der Waals surface area contributed by atoms with Gasteiger partial charge in [-0.15, -0.1) is 0 Å². The summed E-state index contributed by atoms with van der Waals surface area (Å²) >= 11 is 0. The van der Waals surface area contributed by atoms with Crippen molar-refractivity contribution in [3.63, 3.8) is 0 Å². The van der Waals surface area contributed by atoms with Gasteiger partial charge in [0.25, 0.3) is 15.9 Å². The molecule has 1 heterocycles. The Morgan fingerprint density at radius 2 is 1.53 bits per heavy atom. The lowest BCUT2D eigenvalue weighted by Gasteiger charge is -2.25. The molecule has 1 aliphatic heterocycles. The average Bonchev–Trinajstić information content (AvgIpc) is 3.23. The molecular formula is C24H24N2O3S. The molecule has 0 radical (unpaired) electrons. The van der Waals surface area contributed by atoms with Crippen LogP contribution in [0.15, 0.2) is 89.8 Å². The molecule has 5 nitrogen and oxygen atoms in total. The molecule has 0 saturated carbocycles. The van der Waals surface area contributed by atoms with E-state index >= 15 is 0 Å². The van der Waals surface area contributed by atoms with E-state index in [1.807, 2.05) is 23.1 Å². The van der Waals surface area contributed by atoms with E-state index in [9.17, 15) is 13.2 Å². The maximum atomic E-state index is 13.1. The van der Waals surface area contributed by atoms with Crippen LogP contribution in [0.4, 0.5) is 5.69 Å². The van der Waals surface area contributed by atoms with E-state index < -0.39 is 10.0 Å². The zero-order chi connectivity index (χ0) is 21.0. The number of benzene rings is 3. The second kappa shape index (κ2) is 8.71. The maximum Gasteiger partial charge on any atom is 0.261 e. The Labute approximate surface area is 177 Å². The molecule has 0 bridgehead atoms. The molecule has 0 aromatic heterocycles. The molecular weight excluding hydrogens is 396 g/mol. The first kappa shape index (κ1) is 20.2. The van der Waals surface area contributed by atoms with Gasteiger partial charge in [-0.25, -0.2) is 8.42 Å². The van der Waals surface area contributed by atoms with Gasteiger partial charge in [0.2, 0.25) is 0 Å². The van der Waals surface area contributed by atoms with E-state index in [0.717, 1.165) is 25.8 Å². The normalized spacial score (nSPS) is 16.4. The molecule has 0 spiro atoms. The van der Waals surface area contributed by atoms with E-state index in [4.69, 9.17) is 0 Å². The van der Waals surface area contributed by atoms with Gasteiger partial charge in [0, 0.05) is 23.8 Å². The van der Waals surface area contributed by atoms with E-state index in [0.29, 0.717) is 11.3 Å². The summed E-state index contributed by atoms with van der Waals surface area (Å²) in [7, 11) is -3.65. The summed E-state index contributed by atoms with van der Waals surface area (Å²) in [4.78, 5) is 15.2. The van der Waals surface area contributed by atoms with Crippen LogP contribution in [0.25, 0.3) is 0 Å². The number of nitrogens with one attached hydrogen (secondary N) is 1. The SMILES string of the molecule is O=C(c1ccc(NS(=O)(=O)c2ccccc2)cc1)N1CCC[C@@H]1Cc1ccccc1. The first-order valence-electron chi connectivity index (χ1n) is 10.1. The lowest BCUT2D eigenvalue weighted by atomic mass is 10.0. The highest BCUT2D eigenvalue weighted by Crippen LogP contribution is 2.24. The number of amides is 1. The van der Waals surface area contributed by atoms with Crippen molar-refractivity contribution in [2.24, 2.45) is 0 Å². The maximum absolute atomic E-state index is 13.1. The molecule has 1 aliphatic rings. The molecule has 154 valence electrons. The lowest BCUT2D eigenvalue weighted by Crippen LogP contribution is -2.36. The molecule has 4 rings (SSSR count). The molecule has 3 aromatic rings. The van der Waals surface area contributed by atoms with Crippen molar-refractivity contribution in [3.05, 3.63) is 96.1 Å². The molecule has 1 N–H and O–H groups in total. The van der Waals surface area contributed by atoms with Gasteiger partial charge in [-0.3, -0.25) is 9.52 Å². The fraction of sp³-hybridized carbons (Fsp3) is 0.208. The standard InChI is InChI=1S/C24H24N2O3S/c27-24(26-17-7-10-22(26)18-19-8-3-1-4-9-19)20-13-15-21(16-14-20)25-30(28,29)23-11-5-2-6-12-23/h1-6,8-9,11-16,22,25H,7,10,17-18H2/t22-/m1/s1. The van der Waals surface area contributed by atoms with Crippen molar-refractivity contribution in [3.8, 4) is 0 Å². The number of sulfonamides is 1. The highest BCUT2D eigenvalue weighted by atomic mass is 32.2. The highest BCUT2D eigenvalue weighted by molar-refractivity contribution is 7.92. The molecule has 3 aromatic carbocycles. The van der Waals surface area contributed by atoms with Crippen molar-refractivity contribution >= 4 is 21.6 Å². The Morgan fingerprint density at radius 3 is 2.20 bits per heavy atom. The smallest absolute Gasteiger partial charge is 0.261 e. The van der Waals surface area contributed by atoms with Crippen molar-refractivity contribution in [1.29, 1.82) is 0 Å². The Balaban J connectivity index is 1.45. The largest absolute Gasteiger partial charge is 0.335 e. The number of hydrogen-bond acceptors (Lipinski definition) is 3. The lowest BCUT2D eigenvalue weighted by molar-refractivity contribution is 0.0736. The highest BCUT2D eigenvalue weighted by Gasteiger charge is 2.29. The monoisotopic (exact) mass is 420 g/mol. The molecule has 1 atom stereocenters. The van der Waals surface area contributed by atoms with Crippen LogP contribution in [-0.2, 0) is 16.4 Å². The summed E-state index contributed by atoms with van der Waals surface area (Å²) in [6.45, 7) is 0.749. The number of likely N-dealkylation sites (tertiary alicyclic amines) is 1. The minimum Gasteiger partial charge on any atom is -0.335 e. The van der Waals surface area contributed by atoms with E-state index in [2.05, 4.69) is 16.9 Å². The van der Waals surface area contributed by atoms with Crippen molar-refractivity contribution < 1.29 is 13.2 Å². The number of carbonyl (C=O) groups excluding carboxylic acids is 1. The van der Waals surface area contributed by atoms with Crippen LogP contribution >= 0.6 is 0 Å². The van der Waals surface area contributed by atoms with Crippen LogP contribution in [0.3, 0.4) is 0 Å². The molecule has 1 saturated heterocycles. The van der Waals surface area contributed by atoms with E-state index in [1.165, 1.54) is 5.56 Å². The molecule has 0 unspecified atom stereocenters. The summed E-state index contributed by atoms with van der Waals surface area (Å²) in [5.41, 5.74) is 2.23. The third kappa shape index (κ3) is 4.54. The summed E-state index contributed by atoms with van der Waals surface area (Å²) < 4.78 is 27.5. The number of hydrogen-bond donors (Lipinski definition) is 1. The first-order valence-corrected chi connectivity index (χ1v) is 11.5. The van der Waals surface area contributed by atoms with Crippen molar-refractivity contribution in [2.45, 2.75) is 30.2 Å². The predicted molar refractivity (Wildman–Crippen MR) is 118 cm³/mol. The Morgan fingerprint density at radius 1 is 0.900 bits per heavy atom. The average molecular weight is 421 g/mol. The summed E-state index contributed by atoms with van der Waals surface area (Å²) in [6.07, 6.45) is 2.84. The minimum absolute atomic E-state index is 0.00843. The Kier molecular flexibility index (Phi) is 5.86. The topological polar surface area (TPSA) is 66.5 Å². The number of anilines is 1. The van der Waals surface area contributed by atoms with Crippen LogP contribution in [-0.4, -0.2) is 31.8 Å². The predicted octanol–water partition coefficient (Wildman–Crippen LogP) is 4.33. The molecule has 1 amide bonds. The molecule has 1 fully saturated rings. The third-order valence-electron chi connectivity index (χ3n) is 5.39. The Bertz CT molecular complexity index is 1100. The van der Waals surface area contributed by atoms with Gasteiger partial charge < -0.3 is 4.90 Å². The Hall–Kier alpha value is -3.12. The van der Waals surface area contributed by atoms with Gasteiger partial charge in [0.1, 0.15) is 0 Å². The van der Waals surface area contributed by atoms with Gasteiger partial charge in [-0.05, 0) is 61.2 Å². The zero-order valence-corrected chi connectivity index (χ0v) is 17.4. The molecule has 0 aliphatic carbocycles. The fourth-order valence-electron chi connectivity index (χ4n) is 3.86. The van der Waals surface area contributed by atoms with Gasteiger partial charge >= 0.3 is 0 Å². The second-order valence-electron chi connectivity index (χ2n) is 7.48. The van der Waals surface area contributed by atoms with E-state index in [1.54, 1.807) is 54.6 Å². The van der Waals surface area contributed by atoms with Crippen LogP contribution in [0, 0.1) is 0 Å². The first-order chi connectivity index (χ1) is 14.5.